The Morgan fingerprint density at radius 3 is 2.50 bits per heavy atom. The summed E-state index contributed by atoms with van der Waals surface area (Å²) in [5, 5.41) is 0.327. The molecule has 0 aliphatic rings. The number of ether oxygens (including phenoxy) is 1. The number of methoxy groups -OCH3 is 1. The maximum atomic E-state index is 12.6. The molecule has 0 bridgehead atoms. The van der Waals surface area contributed by atoms with E-state index in [1.54, 1.807) is 6.92 Å². The molecule has 2 N–H and O–H groups in total. The Morgan fingerprint density at radius 1 is 1.23 bits per heavy atom. The summed E-state index contributed by atoms with van der Waals surface area (Å²) in [6.07, 6.45) is 0.299. The number of benzene rings is 1. The minimum atomic E-state index is -0.503. The van der Waals surface area contributed by atoms with Crippen LogP contribution in [0.15, 0.2) is 18.2 Å². The first-order valence-corrected chi connectivity index (χ1v) is 7.73. The van der Waals surface area contributed by atoms with E-state index in [1.807, 2.05) is 26.0 Å². The molecular weight excluding hydrogens is 298 g/mol. The lowest BCUT2D eigenvalue weighted by molar-refractivity contribution is 0.0601. The molecule has 0 aliphatic heterocycles. The van der Waals surface area contributed by atoms with E-state index in [-0.39, 0.29) is 5.78 Å². The lowest BCUT2D eigenvalue weighted by Crippen LogP contribution is -2.07. The van der Waals surface area contributed by atoms with Gasteiger partial charge >= 0.3 is 5.97 Å². The number of hydrogen-bond acceptors (Lipinski definition) is 5. The molecule has 1 aromatic carbocycles. The summed E-state index contributed by atoms with van der Waals surface area (Å²) in [5.74, 6) is -0.534. The third-order valence-corrected chi connectivity index (χ3v) is 4.83. The third kappa shape index (κ3) is 3.04. The minimum Gasteiger partial charge on any atom is -0.465 e. The molecule has 0 radical (unpaired) electrons. The van der Waals surface area contributed by atoms with Crippen molar-refractivity contribution in [3.63, 3.8) is 0 Å². The van der Waals surface area contributed by atoms with E-state index >= 15 is 0 Å². The van der Waals surface area contributed by atoms with Gasteiger partial charge < -0.3 is 10.5 Å². The number of aryl methyl sites for hydroxylation is 2. The summed E-state index contributed by atoms with van der Waals surface area (Å²) < 4.78 is 4.72. The second-order valence-electron chi connectivity index (χ2n) is 5.32. The SMILES string of the molecule is COC(=O)c1c(N)sc(C(=O)Cc2ccc(C)cc2C)c1C. The van der Waals surface area contributed by atoms with E-state index in [9.17, 15) is 9.59 Å². The van der Waals surface area contributed by atoms with Gasteiger partial charge in [0, 0.05) is 6.42 Å². The summed E-state index contributed by atoms with van der Waals surface area (Å²) in [6.45, 7) is 5.74. The molecule has 5 heteroatoms. The number of thiophene rings is 1. The number of rotatable bonds is 4. The van der Waals surface area contributed by atoms with Gasteiger partial charge in [0.25, 0.3) is 0 Å². The van der Waals surface area contributed by atoms with Gasteiger partial charge in [-0.1, -0.05) is 23.8 Å². The van der Waals surface area contributed by atoms with Crippen LogP contribution in [0.1, 0.15) is 42.3 Å². The summed E-state index contributed by atoms with van der Waals surface area (Å²) >= 11 is 1.15. The normalized spacial score (nSPS) is 10.5. The maximum Gasteiger partial charge on any atom is 0.341 e. The van der Waals surface area contributed by atoms with Crippen molar-refractivity contribution in [2.75, 3.05) is 12.8 Å². The number of carbonyl (C=O) groups is 2. The highest BCUT2D eigenvalue weighted by Gasteiger charge is 2.23. The van der Waals surface area contributed by atoms with Crippen molar-refractivity contribution < 1.29 is 14.3 Å². The summed E-state index contributed by atoms with van der Waals surface area (Å²) in [5.41, 5.74) is 10.0. The quantitative estimate of drug-likeness (QED) is 0.692. The van der Waals surface area contributed by atoms with Crippen molar-refractivity contribution in [3.8, 4) is 0 Å². The van der Waals surface area contributed by atoms with Crippen molar-refractivity contribution in [2.24, 2.45) is 0 Å². The van der Waals surface area contributed by atoms with Gasteiger partial charge in [0.05, 0.1) is 17.6 Å². The molecule has 116 valence electrons. The average molecular weight is 317 g/mol. The van der Waals surface area contributed by atoms with Gasteiger partial charge in [-0.15, -0.1) is 11.3 Å². The third-order valence-electron chi connectivity index (χ3n) is 3.67. The van der Waals surface area contributed by atoms with Crippen molar-refractivity contribution >= 4 is 28.1 Å². The van der Waals surface area contributed by atoms with E-state index in [0.717, 1.165) is 22.5 Å². The summed E-state index contributed by atoms with van der Waals surface area (Å²) in [6, 6.07) is 6.01. The number of ketones is 1. The van der Waals surface area contributed by atoms with Crippen LogP contribution >= 0.6 is 11.3 Å². The zero-order valence-corrected chi connectivity index (χ0v) is 14.0. The highest BCUT2D eigenvalue weighted by atomic mass is 32.1. The van der Waals surface area contributed by atoms with Crippen LogP contribution in [-0.2, 0) is 11.2 Å². The fourth-order valence-corrected chi connectivity index (χ4v) is 3.45. The number of anilines is 1. The molecule has 4 nitrogen and oxygen atoms in total. The van der Waals surface area contributed by atoms with Gasteiger partial charge in [-0.2, -0.15) is 0 Å². The lowest BCUT2D eigenvalue weighted by atomic mass is 9.99. The molecule has 0 unspecified atom stereocenters. The van der Waals surface area contributed by atoms with Gasteiger partial charge in [-0.05, 0) is 37.5 Å². The lowest BCUT2D eigenvalue weighted by Gasteiger charge is -2.06. The fourth-order valence-electron chi connectivity index (χ4n) is 2.46. The Balaban J connectivity index is 2.32. The molecule has 0 saturated heterocycles. The smallest absolute Gasteiger partial charge is 0.341 e. The van der Waals surface area contributed by atoms with Crippen molar-refractivity contribution in [3.05, 3.63) is 50.9 Å². The monoisotopic (exact) mass is 317 g/mol. The molecule has 0 atom stereocenters. The van der Waals surface area contributed by atoms with Crippen molar-refractivity contribution in [1.82, 2.24) is 0 Å². The van der Waals surface area contributed by atoms with E-state index in [2.05, 4.69) is 6.07 Å². The molecule has 1 heterocycles. The Kier molecular flexibility index (Phi) is 4.66. The predicted octanol–water partition coefficient (Wildman–Crippen LogP) is 3.47. The Bertz CT molecular complexity index is 747. The van der Waals surface area contributed by atoms with Gasteiger partial charge in [0.15, 0.2) is 5.78 Å². The molecule has 0 saturated carbocycles. The number of carbonyl (C=O) groups excluding carboxylic acids is 2. The second-order valence-corrected chi connectivity index (χ2v) is 6.37. The second kappa shape index (κ2) is 6.32. The molecular formula is C17H19NO3S. The molecule has 0 aliphatic carbocycles. The van der Waals surface area contributed by atoms with Crippen LogP contribution in [0.25, 0.3) is 0 Å². The highest BCUT2D eigenvalue weighted by molar-refractivity contribution is 7.18. The topological polar surface area (TPSA) is 69.4 Å². The van der Waals surface area contributed by atoms with Gasteiger partial charge in [0.2, 0.25) is 0 Å². The van der Waals surface area contributed by atoms with Crippen LogP contribution in [-0.4, -0.2) is 18.9 Å². The molecule has 0 fully saturated rings. The molecule has 0 amide bonds. The van der Waals surface area contributed by atoms with Gasteiger partial charge in [0.1, 0.15) is 5.00 Å². The molecule has 0 spiro atoms. The largest absolute Gasteiger partial charge is 0.465 e. The van der Waals surface area contributed by atoms with E-state index < -0.39 is 5.97 Å². The number of nitrogens with two attached hydrogens (primary N) is 1. The van der Waals surface area contributed by atoms with Crippen LogP contribution in [0, 0.1) is 20.8 Å². The van der Waals surface area contributed by atoms with Crippen LogP contribution in [0.4, 0.5) is 5.00 Å². The van der Waals surface area contributed by atoms with Crippen LogP contribution in [0.5, 0.6) is 0 Å². The zero-order chi connectivity index (χ0) is 16.4. The van der Waals surface area contributed by atoms with Crippen LogP contribution < -0.4 is 5.73 Å². The zero-order valence-electron chi connectivity index (χ0n) is 13.1. The van der Waals surface area contributed by atoms with E-state index in [0.29, 0.717) is 27.4 Å². The Morgan fingerprint density at radius 2 is 1.91 bits per heavy atom. The molecule has 2 aromatic rings. The fraction of sp³-hybridized carbons (Fsp3) is 0.294. The summed E-state index contributed by atoms with van der Waals surface area (Å²) in [7, 11) is 1.30. The van der Waals surface area contributed by atoms with Crippen molar-refractivity contribution in [2.45, 2.75) is 27.2 Å². The Labute approximate surface area is 133 Å². The number of hydrogen-bond donors (Lipinski definition) is 1. The van der Waals surface area contributed by atoms with Gasteiger partial charge in [-0.25, -0.2) is 4.79 Å². The van der Waals surface area contributed by atoms with Crippen molar-refractivity contribution in [1.29, 1.82) is 0 Å². The maximum absolute atomic E-state index is 12.6. The molecule has 22 heavy (non-hydrogen) atoms. The number of esters is 1. The number of nitrogen functional groups attached to an aromatic ring is 1. The van der Waals surface area contributed by atoms with E-state index in [4.69, 9.17) is 10.5 Å². The Hall–Kier alpha value is -2.14. The molecule has 2 rings (SSSR count). The standard InChI is InChI=1S/C17H19NO3S/c1-9-5-6-12(10(2)7-9)8-13(19)15-11(3)14(16(18)22-15)17(20)21-4/h5-7H,8,18H2,1-4H3. The highest BCUT2D eigenvalue weighted by Crippen LogP contribution is 2.32. The van der Waals surface area contributed by atoms with E-state index in [1.165, 1.54) is 12.7 Å². The summed E-state index contributed by atoms with van der Waals surface area (Å²) in [4.78, 5) is 24.8. The first-order chi connectivity index (χ1) is 10.3. The first kappa shape index (κ1) is 16.2. The van der Waals surface area contributed by atoms with Crippen LogP contribution in [0.2, 0.25) is 0 Å². The first-order valence-electron chi connectivity index (χ1n) is 6.91. The molecule has 1 aromatic heterocycles. The average Bonchev–Trinajstić information content (AvgIpc) is 2.76. The number of Topliss-reactive ketones (excluding diaryl/α,β-unsaturated/α-hetero) is 1. The predicted molar refractivity (Wildman–Crippen MR) is 88.8 cm³/mol. The van der Waals surface area contributed by atoms with Gasteiger partial charge in [-0.3, -0.25) is 4.79 Å². The minimum absolute atomic E-state index is 0.0312. The van der Waals surface area contributed by atoms with Crippen LogP contribution in [0.3, 0.4) is 0 Å².